The highest BCUT2D eigenvalue weighted by atomic mass is 127. The Hall–Kier alpha value is -0.860. The molecular weight excluding hydrogens is 439 g/mol. The van der Waals surface area contributed by atoms with Crippen molar-refractivity contribution in [1.29, 1.82) is 0 Å². The number of morpholine rings is 1. The summed E-state index contributed by atoms with van der Waals surface area (Å²) in [5.74, 6) is 0.703. The zero-order valence-corrected chi connectivity index (χ0v) is 18.2. The summed E-state index contributed by atoms with van der Waals surface area (Å²) in [5.41, 5.74) is 8.80. The third kappa shape index (κ3) is 6.70. The second-order valence-corrected chi connectivity index (χ2v) is 7.31. The van der Waals surface area contributed by atoms with Crippen molar-refractivity contribution in [2.75, 3.05) is 32.8 Å². The number of benzene rings is 1. The first-order chi connectivity index (χ1) is 12.2. The van der Waals surface area contributed by atoms with Crippen molar-refractivity contribution >= 4 is 29.9 Å². The molecule has 0 bridgehead atoms. The maximum Gasteiger partial charge on any atom is 0.191 e. The highest BCUT2D eigenvalue weighted by molar-refractivity contribution is 14.0. The van der Waals surface area contributed by atoms with Crippen molar-refractivity contribution in [2.45, 2.75) is 51.8 Å². The van der Waals surface area contributed by atoms with E-state index < -0.39 is 0 Å². The lowest BCUT2D eigenvalue weighted by atomic mass is 10.1. The molecule has 1 aromatic carbocycles. The van der Waals surface area contributed by atoms with Crippen molar-refractivity contribution in [3.05, 3.63) is 35.4 Å². The predicted molar refractivity (Wildman–Crippen MR) is 118 cm³/mol. The van der Waals surface area contributed by atoms with Gasteiger partial charge in [-0.15, -0.1) is 24.0 Å². The molecule has 3 rings (SSSR count). The number of ether oxygens (including phenoxy) is 1. The van der Waals surface area contributed by atoms with Crippen molar-refractivity contribution in [1.82, 2.24) is 9.80 Å². The molecule has 0 radical (unpaired) electrons. The molecule has 2 fully saturated rings. The Balaban J connectivity index is 0.00000243. The van der Waals surface area contributed by atoms with Gasteiger partial charge in [0.25, 0.3) is 0 Å². The Morgan fingerprint density at radius 1 is 1.15 bits per heavy atom. The van der Waals surface area contributed by atoms with Gasteiger partial charge < -0.3 is 15.4 Å². The maximum absolute atomic E-state index is 6.22. The van der Waals surface area contributed by atoms with E-state index in [1.54, 1.807) is 0 Å². The van der Waals surface area contributed by atoms with E-state index in [1.165, 1.54) is 36.8 Å². The third-order valence-electron chi connectivity index (χ3n) is 5.08. The summed E-state index contributed by atoms with van der Waals surface area (Å²) in [5, 5.41) is 0. The van der Waals surface area contributed by atoms with Crippen molar-refractivity contribution in [3.63, 3.8) is 0 Å². The maximum atomic E-state index is 6.22. The number of rotatable bonds is 4. The molecule has 2 aliphatic rings. The summed E-state index contributed by atoms with van der Waals surface area (Å²) in [6.45, 7) is 8.72. The van der Waals surface area contributed by atoms with Crippen LogP contribution in [-0.2, 0) is 17.8 Å². The monoisotopic (exact) mass is 472 g/mol. The molecule has 6 heteroatoms. The lowest BCUT2D eigenvalue weighted by Crippen LogP contribution is -2.40. The van der Waals surface area contributed by atoms with Gasteiger partial charge in [0, 0.05) is 32.7 Å². The third-order valence-corrected chi connectivity index (χ3v) is 5.08. The first kappa shape index (κ1) is 21.4. The van der Waals surface area contributed by atoms with Crippen molar-refractivity contribution < 1.29 is 4.74 Å². The Bertz CT molecular complexity index is 573. The Morgan fingerprint density at radius 3 is 2.62 bits per heavy atom. The smallest absolute Gasteiger partial charge is 0.191 e. The van der Waals surface area contributed by atoms with Crippen LogP contribution in [0.5, 0.6) is 0 Å². The summed E-state index contributed by atoms with van der Waals surface area (Å²) < 4.78 is 5.62. The second-order valence-electron chi connectivity index (χ2n) is 7.31. The largest absolute Gasteiger partial charge is 0.376 e. The van der Waals surface area contributed by atoms with Crippen LogP contribution in [0, 0.1) is 0 Å². The average molecular weight is 472 g/mol. The number of nitrogens with two attached hydrogens (primary N) is 1. The van der Waals surface area contributed by atoms with Crippen LogP contribution in [0.3, 0.4) is 0 Å². The first-order valence-electron chi connectivity index (χ1n) is 9.67. The lowest BCUT2D eigenvalue weighted by molar-refractivity contribution is -0.0212. The summed E-state index contributed by atoms with van der Waals surface area (Å²) in [7, 11) is 0. The summed E-state index contributed by atoms with van der Waals surface area (Å²) >= 11 is 0. The number of likely N-dealkylation sites (tertiary alicyclic amines) is 1. The number of guanidine groups is 1. The van der Waals surface area contributed by atoms with Gasteiger partial charge in [-0.25, -0.2) is 4.99 Å². The first-order valence-corrected chi connectivity index (χ1v) is 9.67. The van der Waals surface area contributed by atoms with Crippen LogP contribution in [0.25, 0.3) is 0 Å². The van der Waals surface area contributed by atoms with Crippen LogP contribution < -0.4 is 5.73 Å². The quantitative estimate of drug-likeness (QED) is 0.416. The minimum atomic E-state index is 0. The van der Waals surface area contributed by atoms with Gasteiger partial charge in [0.15, 0.2) is 5.96 Å². The molecule has 0 aliphatic carbocycles. The predicted octanol–water partition coefficient (Wildman–Crippen LogP) is 3.22. The Kier molecular flexibility index (Phi) is 9.15. The van der Waals surface area contributed by atoms with E-state index in [-0.39, 0.29) is 24.0 Å². The van der Waals surface area contributed by atoms with Gasteiger partial charge in [0.1, 0.15) is 0 Å². The number of hydrogen-bond donors (Lipinski definition) is 1. The standard InChI is InChI=1S/C20H32N4O.HI/c1-17-15-23(11-12-25-17)16-19-8-6-7-18(13-19)14-22-20(21)24-9-4-2-3-5-10-24;/h6-8,13,17H,2-5,9-12,14-16H2,1H3,(H2,21,22);1H. The molecule has 146 valence electrons. The SMILES string of the molecule is CC1CN(Cc2cccc(CN=C(N)N3CCCCCC3)c2)CCO1.I. The lowest BCUT2D eigenvalue weighted by Gasteiger charge is -2.31. The number of hydrogen-bond acceptors (Lipinski definition) is 3. The highest BCUT2D eigenvalue weighted by Gasteiger charge is 2.16. The van der Waals surface area contributed by atoms with E-state index in [9.17, 15) is 0 Å². The summed E-state index contributed by atoms with van der Waals surface area (Å²) in [6, 6.07) is 8.74. The average Bonchev–Trinajstić information content (AvgIpc) is 2.89. The summed E-state index contributed by atoms with van der Waals surface area (Å²) in [6.07, 6.45) is 5.40. The molecule has 0 spiro atoms. The van der Waals surface area contributed by atoms with E-state index in [2.05, 4.69) is 46.0 Å². The molecule has 2 heterocycles. The van der Waals surface area contributed by atoms with Crippen LogP contribution in [0.1, 0.15) is 43.7 Å². The van der Waals surface area contributed by atoms with Crippen LogP contribution in [-0.4, -0.2) is 54.6 Å². The number of nitrogens with zero attached hydrogens (tertiary/aromatic N) is 3. The van der Waals surface area contributed by atoms with Gasteiger partial charge in [0.2, 0.25) is 0 Å². The van der Waals surface area contributed by atoms with Crippen molar-refractivity contribution in [3.8, 4) is 0 Å². The molecule has 5 nitrogen and oxygen atoms in total. The van der Waals surface area contributed by atoms with Gasteiger partial charge in [-0.2, -0.15) is 0 Å². The van der Waals surface area contributed by atoms with Crippen molar-refractivity contribution in [2.24, 2.45) is 10.7 Å². The molecule has 2 aliphatic heterocycles. The van der Waals surface area contributed by atoms with Gasteiger partial charge in [-0.3, -0.25) is 4.90 Å². The highest BCUT2D eigenvalue weighted by Crippen LogP contribution is 2.13. The molecule has 0 saturated carbocycles. The van der Waals surface area contributed by atoms with Gasteiger partial charge in [-0.05, 0) is 30.9 Å². The van der Waals surface area contributed by atoms with E-state index in [4.69, 9.17) is 10.5 Å². The Labute approximate surface area is 175 Å². The van der Waals surface area contributed by atoms with Crippen LogP contribution in [0.4, 0.5) is 0 Å². The van der Waals surface area contributed by atoms with Gasteiger partial charge in [0.05, 0.1) is 19.3 Å². The fraction of sp³-hybridized carbons (Fsp3) is 0.650. The molecule has 0 aromatic heterocycles. The molecule has 1 aromatic rings. The fourth-order valence-electron chi connectivity index (χ4n) is 3.69. The van der Waals surface area contributed by atoms with Gasteiger partial charge >= 0.3 is 0 Å². The van der Waals surface area contributed by atoms with E-state index in [0.29, 0.717) is 18.6 Å². The number of aliphatic imine (C=N–C) groups is 1. The van der Waals surface area contributed by atoms with E-state index in [0.717, 1.165) is 39.3 Å². The minimum absolute atomic E-state index is 0. The fourth-order valence-corrected chi connectivity index (χ4v) is 3.69. The molecule has 26 heavy (non-hydrogen) atoms. The minimum Gasteiger partial charge on any atom is -0.376 e. The molecule has 0 amide bonds. The van der Waals surface area contributed by atoms with Crippen LogP contribution >= 0.6 is 24.0 Å². The number of halogens is 1. The van der Waals surface area contributed by atoms with Crippen LogP contribution in [0.2, 0.25) is 0 Å². The topological polar surface area (TPSA) is 54.1 Å². The molecule has 1 atom stereocenters. The van der Waals surface area contributed by atoms with E-state index in [1.807, 2.05) is 0 Å². The van der Waals surface area contributed by atoms with Gasteiger partial charge in [-0.1, -0.05) is 37.1 Å². The summed E-state index contributed by atoms with van der Waals surface area (Å²) in [4.78, 5) is 9.35. The van der Waals surface area contributed by atoms with E-state index >= 15 is 0 Å². The molecule has 2 saturated heterocycles. The molecule has 1 unspecified atom stereocenters. The normalized spacial score (nSPS) is 22.6. The Morgan fingerprint density at radius 2 is 1.88 bits per heavy atom. The second kappa shape index (κ2) is 11.1. The molecule has 2 N–H and O–H groups in total. The molecular formula is C20H33IN4O. The van der Waals surface area contributed by atoms with Crippen LogP contribution in [0.15, 0.2) is 29.3 Å². The zero-order valence-electron chi connectivity index (χ0n) is 15.9. The zero-order chi connectivity index (χ0) is 17.5.